The fourth-order valence-corrected chi connectivity index (χ4v) is 7.48. The van der Waals surface area contributed by atoms with Gasteiger partial charge >= 0.3 is 0 Å². The smallest absolute Gasteiger partial charge is 0.200 e. The standard InChI is InChI=1S/C36H40F6O2/c1-3-5-29(43)28-17-16-27(34(40)35(28)41)26-15-14-24(31(37)33(26)39)22-10-6-20(7-11-22)21-8-12-23(13-9-21)25-18-19-30(44-4-2)36(42)32(25)38/h14-23,29,43H,3-13H2,1-2H3. The monoisotopic (exact) mass is 618 g/mol. The van der Waals surface area contributed by atoms with Crippen molar-refractivity contribution in [3.63, 3.8) is 0 Å². The first-order chi connectivity index (χ1) is 21.2. The van der Waals surface area contributed by atoms with E-state index in [-0.39, 0.29) is 52.9 Å². The number of benzene rings is 3. The molecule has 2 aliphatic carbocycles. The second kappa shape index (κ2) is 14.0. The molecule has 2 nitrogen and oxygen atoms in total. The molecule has 0 aliphatic heterocycles. The molecule has 3 aromatic rings. The summed E-state index contributed by atoms with van der Waals surface area (Å²) in [6.45, 7) is 3.79. The van der Waals surface area contributed by atoms with E-state index in [0.29, 0.717) is 36.7 Å². The Hall–Kier alpha value is -3.00. The third kappa shape index (κ3) is 6.37. The predicted octanol–water partition coefficient (Wildman–Crippen LogP) is 10.7. The van der Waals surface area contributed by atoms with Crippen molar-refractivity contribution in [2.75, 3.05) is 6.61 Å². The minimum absolute atomic E-state index is 0.0423. The molecule has 1 N–H and O–H groups in total. The summed E-state index contributed by atoms with van der Waals surface area (Å²) in [5.74, 6) is -5.97. The number of ether oxygens (including phenoxy) is 1. The van der Waals surface area contributed by atoms with Crippen LogP contribution >= 0.6 is 0 Å². The molecule has 2 saturated carbocycles. The fourth-order valence-electron chi connectivity index (χ4n) is 7.48. The Morgan fingerprint density at radius 3 is 1.61 bits per heavy atom. The summed E-state index contributed by atoms with van der Waals surface area (Å²) in [5.41, 5.74) is -0.286. The lowest BCUT2D eigenvalue weighted by atomic mass is 9.67. The van der Waals surface area contributed by atoms with Crippen LogP contribution in [0.3, 0.4) is 0 Å². The van der Waals surface area contributed by atoms with Crippen LogP contribution in [-0.2, 0) is 0 Å². The van der Waals surface area contributed by atoms with Gasteiger partial charge in [0.1, 0.15) is 0 Å². The van der Waals surface area contributed by atoms with Crippen LogP contribution in [0.15, 0.2) is 36.4 Å². The van der Waals surface area contributed by atoms with Crippen LogP contribution < -0.4 is 4.74 Å². The Kier molecular flexibility index (Phi) is 10.3. The van der Waals surface area contributed by atoms with Gasteiger partial charge in [0, 0.05) is 16.7 Å². The minimum Gasteiger partial charge on any atom is -0.491 e. The molecule has 1 unspecified atom stereocenters. The van der Waals surface area contributed by atoms with Crippen LogP contribution in [-0.4, -0.2) is 11.7 Å². The van der Waals surface area contributed by atoms with E-state index >= 15 is 8.78 Å². The van der Waals surface area contributed by atoms with Gasteiger partial charge in [-0.3, -0.25) is 0 Å². The number of rotatable bonds is 9. The van der Waals surface area contributed by atoms with Crippen molar-refractivity contribution in [1.82, 2.24) is 0 Å². The molecular formula is C36H40F6O2. The second-order valence-corrected chi connectivity index (χ2v) is 12.4. The largest absolute Gasteiger partial charge is 0.491 e. The molecule has 5 rings (SSSR count). The van der Waals surface area contributed by atoms with Gasteiger partial charge in [-0.25, -0.2) is 22.0 Å². The second-order valence-electron chi connectivity index (χ2n) is 12.4. The van der Waals surface area contributed by atoms with E-state index in [1.807, 2.05) is 6.92 Å². The number of aliphatic hydroxyl groups is 1. The van der Waals surface area contributed by atoms with Gasteiger partial charge in [-0.2, -0.15) is 4.39 Å². The topological polar surface area (TPSA) is 29.5 Å². The van der Waals surface area contributed by atoms with Crippen LogP contribution in [0.1, 0.15) is 113 Å². The molecular weight excluding hydrogens is 578 g/mol. The fraction of sp³-hybridized carbons (Fsp3) is 0.500. The third-order valence-corrected chi connectivity index (χ3v) is 9.90. The van der Waals surface area contributed by atoms with Crippen molar-refractivity contribution in [2.24, 2.45) is 11.8 Å². The summed E-state index contributed by atoms with van der Waals surface area (Å²) < 4.78 is 94.6. The van der Waals surface area contributed by atoms with Crippen molar-refractivity contribution in [1.29, 1.82) is 0 Å². The SMILES string of the molecule is CCCC(O)c1ccc(-c2ccc(C3CCC(C4CCC(c5ccc(OCC)c(F)c5F)CC4)CC3)c(F)c2F)c(F)c1F. The van der Waals surface area contributed by atoms with E-state index in [1.165, 1.54) is 30.3 Å². The molecule has 0 spiro atoms. The van der Waals surface area contributed by atoms with Gasteiger partial charge in [0.2, 0.25) is 5.82 Å². The quantitative estimate of drug-likeness (QED) is 0.242. The zero-order valence-electron chi connectivity index (χ0n) is 25.3. The molecule has 2 fully saturated rings. The highest BCUT2D eigenvalue weighted by molar-refractivity contribution is 5.66. The lowest BCUT2D eigenvalue weighted by molar-refractivity contribution is 0.160. The van der Waals surface area contributed by atoms with Crippen molar-refractivity contribution in [2.45, 2.75) is 96.0 Å². The average molecular weight is 619 g/mol. The molecule has 44 heavy (non-hydrogen) atoms. The van der Waals surface area contributed by atoms with Gasteiger partial charge in [-0.15, -0.1) is 0 Å². The lowest BCUT2D eigenvalue weighted by Gasteiger charge is -2.38. The Bertz CT molecular complexity index is 1460. The average Bonchev–Trinajstić information content (AvgIpc) is 3.03. The first-order valence-electron chi connectivity index (χ1n) is 15.9. The normalized spacial score (nSPS) is 23.0. The summed E-state index contributed by atoms with van der Waals surface area (Å²) in [6.07, 6.45) is 6.08. The highest BCUT2D eigenvalue weighted by Gasteiger charge is 2.34. The molecule has 3 aromatic carbocycles. The number of aliphatic hydroxyl groups excluding tert-OH is 1. The maximum atomic E-state index is 15.4. The van der Waals surface area contributed by atoms with Gasteiger partial charge < -0.3 is 9.84 Å². The van der Waals surface area contributed by atoms with Crippen molar-refractivity contribution >= 4 is 0 Å². The maximum Gasteiger partial charge on any atom is 0.200 e. The first kappa shape index (κ1) is 32.4. The first-order valence-corrected chi connectivity index (χ1v) is 15.9. The zero-order chi connectivity index (χ0) is 31.5. The molecule has 0 bridgehead atoms. The lowest BCUT2D eigenvalue weighted by Crippen LogP contribution is -2.25. The van der Waals surface area contributed by atoms with Crippen LogP contribution in [0, 0.1) is 46.7 Å². The van der Waals surface area contributed by atoms with Gasteiger partial charge in [0.15, 0.2) is 34.8 Å². The van der Waals surface area contributed by atoms with Gasteiger partial charge in [-0.05, 0) is 106 Å². The molecule has 8 heteroatoms. The maximum absolute atomic E-state index is 15.4. The third-order valence-electron chi connectivity index (χ3n) is 9.90. The van der Waals surface area contributed by atoms with Gasteiger partial charge in [-0.1, -0.05) is 43.7 Å². The van der Waals surface area contributed by atoms with Crippen LogP contribution in [0.5, 0.6) is 5.75 Å². The predicted molar refractivity (Wildman–Crippen MR) is 159 cm³/mol. The molecule has 238 valence electrons. The van der Waals surface area contributed by atoms with E-state index in [2.05, 4.69) is 0 Å². The molecule has 0 heterocycles. The Balaban J connectivity index is 1.21. The van der Waals surface area contributed by atoms with E-state index in [1.54, 1.807) is 13.0 Å². The molecule has 2 aliphatic rings. The number of hydrogen-bond donors (Lipinski definition) is 1. The number of hydrogen-bond acceptors (Lipinski definition) is 2. The Morgan fingerprint density at radius 1 is 0.614 bits per heavy atom. The van der Waals surface area contributed by atoms with Gasteiger partial charge in [0.05, 0.1) is 12.7 Å². The van der Waals surface area contributed by atoms with E-state index < -0.39 is 41.0 Å². The van der Waals surface area contributed by atoms with Crippen molar-refractivity contribution < 1.29 is 36.2 Å². The van der Waals surface area contributed by atoms with E-state index in [4.69, 9.17) is 4.74 Å². The minimum atomic E-state index is -1.31. The summed E-state index contributed by atoms with van der Waals surface area (Å²) in [5, 5.41) is 10.1. The van der Waals surface area contributed by atoms with Crippen LogP contribution in [0.4, 0.5) is 26.3 Å². The summed E-state index contributed by atoms with van der Waals surface area (Å²) in [6, 6.07) is 8.33. The molecule has 0 saturated heterocycles. The Morgan fingerprint density at radius 2 is 1.09 bits per heavy atom. The Labute approximate surface area is 255 Å². The molecule has 0 aromatic heterocycles. The van der Waals surface area contributed by atoms with Crippen molar-refractivity contribution in [3.05, 3.63) is 88.0 Å². The van der Waals surface area contributed by atoms with Crippen molar-refractivity contribution in [3.8, 4) is 16.9 Å². The van der Waals surface area contributed by atoms with Crippen LogP contribution in [0.25, 0.3) is 11.1 Å². The highest BCUT2D eigenvalue weighted by Crippen LogP contribution is 2.47. The number of halogens is 6. The zero-order valence-corrected chi connectivity index (χ0v) is 25.3. The van der Waals surface area contributed by atoms with Gasteiger partial charge in [0.25, 0.3) is 0 Å². The van der Waals surface area contributed by atoms with E-state index in [0.717, 1.165) is 38.5 Å². The van der Waals surface area contributed by atoms with E-state index in [9.17, 15) is 22.7 Å². The summed E-state index contributed by atoms with van der Waals surface area (Å²) >= 11 is 0. The highest BCUT2D eigenvalue weighted by atomic mass is 19.2. The molecule has 0 radical (unpaired) electrons. The molecule has 0 amide bonds. The van der Waals surface area contributed by atoms with Crippen LogP contribution in [0.2, 0.25) is 0 Å². The summed E-state index contributed by atoms with van der Waals surface area (Å²) in [7, 11) is 0. The molecule has 1 atom stereocenters. The summed E-state index contributed by atoms with van der Waals surface area (Å²) in [4.78, 5) is 0.